The van der Waals surface area contributed by atoms with Crippen LogP contribution in [0.5, 0.6) is 5.75 Å². The van der Waals surface area contributed by atoms with Crippen molar-refractivity contribution >= 4 is 39.3 Å². The van der Waals surface area contributed by atoms with Gasteiger partial charge in [-0.15, -0.1) is 11.6 Å². The Morgan fingerprint density at radius 3 is 2.67 bits per heavy atom. The molecule has 0 aliphatic carbocycles. The molecule has 0 spiro atoms. The molecule has 1 aliphatic heterocycles. The number of hydrogen-bond donors (Lipinski definition) is 2. The van der Waals surface area contributed by atoms with Crippen LogP contribution in [0.2, 0.25) is 0 Å². The molecule has 2 unspecified atom stereocenters. The lowest BCUT2D eigenvalue weighted by Crippen LogP contribution is -2.63. The number of nitrogens with one attached hydrogen (secondary N) is 1. The molecule has 2 N–H and O–H groups in total. The van der Waals surface area contributed by atoms with Crippen LogP contribution in [0, 0.1) is 0 Å². The van der Waals surface area contributed by atoms with E-state index in [2.05, 4.69) is 21.4 Å². The van der Waals surface area contributed by atoms with Crippen molar-refractivity contribution in [3.63, 3.8) is 0 Å². The molecule has 24 heavy (non-hydrogen) atoms. The maximum absolute atomic E-state index is 12.2. The van der Waals surface area contributed by atoms with Gasteiger partial charge < -0.3 is 5.11 Å². The fourth-order valence-electron chi connectivity index (χ4n) is 2.59. The molecule has 2 amide bonds. The molecule has 0 bridgehead atoms. The third-order valence-corrected chi connectivity index (χ3v) is 4.71. The summed E-state index contributed by atoms with van der Waals surface area (Å²) in [4.78, 5) is 24.2. The van der Waals surface area contributed by atoms with Crippen LogP contribution in [0.15, 0.2) is 53.0 Å². The van der Waals surface area contributed by atoms with Gasteiger partial charge in [-0.3, -0.25) is 15.0 Å². The third-order valence-electron chi connectivity index (χ3n) is 3.79. The van der Waals surface area contributed by atoms with E-state index in [0.29, 0.717) is 5.56 Å². The Kier molecular flexibility index (Phi) is 4.78. The molecule has 1 aliphatic rings. The first kappa shape index (κ1) is 16.8. The third kappa shape index (κ3) is 3.25. The van der Waals surface area contributed by atoms with Crippen LogP contribution in [0.25, 0.3) is 0 Å². The van der Waals surface area contributed by atoms with Gasteiger partial charge in [-0.25, -0.2) is 5.01 Å². The van der Waals surface area contributed by atoms with E-state index in [1.807, 2.05) is 30.3 Å². The smallest absolute Gasteiger partial charge is 0.262 e. The summed E-state index contributed by atoms with van der Waals surface area (Å²) in [6, 6.07) is 13.5. The van der Waals surface area contributed by atoms with Crippen molar-refractivity contribution in [1.82, 2.24) is 10.4 Å². The van der Waals surface area contributed by atoms with E-state index in [1.54, 1.807) is 12.1 Å². The molecule has 2 aromatic carbocycles. The number of β-lactam (4-membered cyclic amide) rings is 1. The highest BCUT2D eigenvalue weighted by Crippen LogP contribution is 2.41. The number of nitrogens with zero attached hydrogens (tertiary/aromatic N) is 1. The Morgan fingerprint density at radius 2 is 1.96 bits per heavy atom. The number of benzene rings is 2. The van der Waals surface area contributed by atoms with Gasteiger partial charge in [-0.1, -0.05) is 46.3 Å². The van der Waals surface area contributed by atoms with E-state index in [1.165, 1.54) is 11.1 Å². The zero-order valence-corrected chi connectivity index (χ0v) is 14.8. The lowest BCUT2D eigenvalue weighted by molar-refractivity contribution is -0.156. The number of halogens is 2. The van der Waals surface area contributed by atoms with Gasteiger partial charge in [0.2, 0.25) is 5.91 Å². The lowest BCUT2D eigenvalue weighted by Gasteiger charge is -2.44. The monoisotopic (exact) mass is 408 g/mol. The fraction of sp³-hybridized carbons (Fsp3) is 0.176. The highest BCUT2D eigenvalue weighted by Gasteiger charge is 2.49. The number of phenols is 1. The molecular weight excluding hydrogens is 396 g/mol. The Labute approximate surface area is 152 Å². The largest absolute Gasteiger partial charge is 0.508 e. The first-order valence-corrected chi connectivity index (χ1v) is 8.49. The molecule has 3 rings (SSSR count). The molecule has 7 heteroatoms. The minimum absolute atomic E-state index is 0.0173. The second-order valence-corrected chi connectivity index (χ2v) is 6.84. The summed E-state index contributed by atoms with van der Waals surface area (Å²) in [7, 11) is 0. The predicted octanol–water partition coefficient (Wildman–Crippen LogP) is 2.92. The molecule has 1 fully saturated rings. The summed E-state index contributed by atoms with van der Waals surface area (Å²) in [5, 5.41) is 10.4. The van der Waals surface area contributed by atoms with Gasteiger partial charge in [-0.2, -0.15) is 0 Å². The summed E-state index contributed by atoms with van der Waals surface area (Å²) < 4.78 is 0.745. The molecule has 1 heterocycles. The molecule has 0 saturated carbocycles. The topological polar surface area (TPSA) is 69.6 Å². The number of carbonyl (C=O) groups excluding carboxylic acids is 2. The van der Waals surface area contributed by atoms with Crippen molar-refractivity contribution in [2.24, 2.45) is 0 Å². The van der Waals surface area contributed by atoms with E-state index >= 15 is 0 Å². The van der Waals surface area contributed by atoms with Crippen LogP contribution in [0.1, 0.15) is 17.2 Å². The second-order valence-electron chi connectivity index (χ2n) is 5.46. The number of amides is 2. The number of hydrazine groups is 1. The number of rotatable bonds is 4. The average molecular weight is 410 g/mol. The normalized spacial score (nSPS) is 19.8. The number of aromatic hydroxyl groups is 1. The maximum atomic E-state index is 12.2. The first-order chi connectivity index (χ1) is 11.5. The molecule has 5 nitrogen and oxygen atoms in total. The van der Waals surface area contributed by atoms with Crippen LogP contribution in [0.4, 0.5) is 0 Å². The van der Waals surface area contributed by atoms with Crippen molar-refractivity contribution in [3.05, 3.63) is 64.1 Å². The van der Waals surface area contributed by atoms with Gasteiger partial charge in [0.25, 0.3) is 5.91 Å². The van der Waals surface area contributed by atoms with Gasteiger partial charge in [0.05, 0.1) is 6.42 Å². The molecule has 0 aromatic heterocycles. The minimum atomic E-state index is -0.831. The highest BCUT2D eigenvalue weighted by atomic mass is 79.9. The van der Waals surface area contributed by atoms with Crippen LogP contribution in [0.3, 0.4) is 0 Å². The van der Waals surface area contributed by atoms with Crippen molar-refractivity contribution < 1.29 is 14.7 Å². The lowest BCUT2D eigenvalue weighted by atomic mass is 9.94. The first-order valence-electron chi connectivity index (χ1n) is 7.26. The van der Waals surface area contributed by atoms with E-state index in [-0.39, 0.29) is 18.1 Å². The Balaban J connectivity index is 1.75. The van der Waals surface area contributed by atoms with Crippen LogP contribution in [-0.2, 0) is 16.0 Å². The Bertz CT molecular complexity index is 785. The summed E-state index contributed by atoms with van der Waals surface area (Å²) in [6.07, 6.45) is 0.148. The molecular formula is C17H14BrClN2O3. The van der Waals surface area contributed by atoms with E-state index in [9.17, 15) is 14.7 Å². The van der Waals surface area contributed by atoms with Crippen molar-refractivity contribution in [2.75, 3.05) is 0 Å². The Morgan fingerprint density at radius 1 is 1.25 bits per heavy atom. The average Bonchev–Trinajstić information content (AvgIpc) is 2.58. The van der Waals surface area contributed by atoms with Gasteiger partial charge >= 0.3 is 0 Å². The molecule has 124 valence electrons. The van der Waals surface area contributed by atoms with E-state index in [0.717, 1.165) is 10.0 Å². The molecule has 1 saturated heterocycles. The van der Waals surface area contributed by atoms with Crippen LogP contribution < -0.4 is 5.43 Å². The van der Waals surface area contributed by atoms with Crippen molar-refractivity contribution in [3.8, 4) is 5.75 Å². The van der Waals surface area contributed by atoms with Gasteiger partial charge in [0.1, 0.15) is 17.2 Å². The van der Waals surface area contributed by atoms with Crippen molar-refractivity contribution in [2.45, 2.75) is 17.8 Å². The van der Waals surface area contributed by atoms with Gasteiger partial charge in [0.15, 0.2) is 0 Å². The van der Waals surface area contributed by atoms with Crippen LogP contribution >= 0.6 is 27.5 Å². The quantitative estimate of drug-likeness (QED) is 0.602. The second kappa shape index (κ2) is 6.83. The summed E-state index contributed by atoms with van der Waals surface area (Å²) in [5.74, 6) is -0.705. The summed E-state index contributed by atoms with van der Waals surface area (Å²) in [6.45, 7) is 0. The zero-order valence-electron chi connectivity index (χ0n) is 12.4. The number of carbonyl (C=O) groups is 2. The molecule has 0 radical (unpaired) electrons. The summed E-state index contributed by atoms with van der Waals surface area (Å²) >= 11 is 9.42. The summed E-state index contributed by atoms with van der Waals surface area (Å²) in [5.41, 5.74) is 3.89. The fourth-order valence-corrected chi connectivity index (χ4v) is 3.32. The molecule has 2 atom stereocenters. The number of alkyl halides is 1. The van der Waals surface area contributed by atoms with Crippen LogP contribution in [-0.4, -0.2) is 27.3 Å². The SMILES string of the molecule is O=C(Cc1ccccc1)NN1C(=O)C(Cl)C1c1cc(Br)ccc1O. The number of hydrogen-bond acceptors (Lipinski definition) is 3. The Hall–Kier alpha value is -2.05. The van der Waals surface area contributed by atoms with Gasteiger partial charge in [-0.05, 0) is 23.8 Å². The number of phenolic OH excluding ortho intramolecular Hbond substituents is 1. The zero-order chi connectivity index (χ0) is 17.3. The standard InChI is InChI=1S/C17H14BrClN2O3/c18-11-6-7-13(22)12(9-11)16-15(19)17(24)21(16)20-14(23)8-10-4-2-1-3-5-10/h1-7,9,15-16,22H,8H2,(H,20,23). The highest BCUT2D eigenvalue weighted by molar-refractivity contribution is 9.10. The predicted molar refractivity (Wildman–Crippen MR) is 93.3 cm³/mol. The minimum Gasteiger partial charge on any atom is -0.508 e. The van der Waals surface area contributed by atoms with Crippen molar-refractivity contribution in [1.29, 1.82) is 0 Å². The maximum Gasteiger partial charge on any atom is 0.262 e. The van der Waals surface area contributed by atoms with E-state index < -0.39 is 17.3 Å². The van der Waals surface area contributed by atoms with Gasteiger partial charge in [0, 0.05) is 10.0 Å². The molecule has 2 aromatic rings. The van der Waals surface area contributed by atoms with E-state index in [4.69, 9.17) is 11.6 Å².